The molecule has 25 heavy (non-hydrogen) atoms. The van der Waals surface area contributed by atoms with Crippen LogP contribution >= 0.6 is 15.9 Å². The van der Waals surface area contributed by atoms with Crippen molar-refractivity contribution in [3.05, 3.63) is 64.1 Å². The van der Waals surface area contributed by atoms with Gasteiger partial charge in [-0.2, -0.15) is 0 Å². The molecule has 2 aromatic rings. The summed E-state index contributed by atoms with van der Waals surface area (Å²) in [5.74, 6) is -0.668. The molecular formula is C20H20BrNO3. The molecule has 0 bridgehead atoms. The van der Waals surface area contributed by atoms with Crippen molar-refractivity contribution in [1.82, 2.24) is 0 Å². The lowest BCUT2D eigenvalue weighted by Gasteiger charge is -2.22. The molecule has 1 atom stereocenters. The van der Waals surface area contributed by atoms with E-state index in [0.717, 1.165) is 17.3 Å². The van der Waals surface area contributed by atoms with Gasteiger partial charge in [0.1, 0.15) is 0 Å². The van der Waals surface area contributed by atoms with Gasteiger partial charge in [0.2, 0.25) is 0 Å². The van der Waals surface area contributed by atoms with Crippen molar-refractivity contribution < 1.29 is 14.7 Å². The summed E-state index contributed by atoms with van der Waals surface area (Å²) in [6.07, 6.45) is 1.52. The van der Waals surface area contributed by atoms with Crippen molar-refractivity contribution in [1.29, 1.82) is 0 Å². The van der Waals surface area contributed by atoms with Gasteiger partial charge in [0.25, 0.3) is 5.91 Å². The van der Waals surface area contributed by atoms with E-state index in [-0.39, 0.29) is 12.2 Å². The van der Waals surface area contributed by atoms with E-state index in [1.807, 2.05) is 25.1 Å². The lowest BCUT2D eigenvalue weighted by Crippen LogP contribution is -2.42. The van der Waals surface area contributed by atoms with Crippen LogP contribution in [0.1, 0.15) is 42.1 Å². The number of halogens is 1. The van der Waals surface area contributed by atoms with Gasteiger partial charge in [-0.25, -0.2) is 0 Å². The van der Waals surface area contributed by atoms with E-state index in [2.05, 4.69) is 15.9 Å². The van der Waals surface area contributed by atoms with Crippen molar-refractivity contribution in [2.75, 3.05) is 11.4 Å². The van der Waals surface area contributed by atoms with Gasteiger partial charge in [-0.1, -0.05) is 59.6 Å². The monoisotopic (exact) mass is 401 g/mol. The van der Waals surface area contributed by atoms with Crippen LogP contribution < -0.4 is 4.90 Å². The number of hydrogen-bond acceptors (Lipinski definition) is 3. The fraction of sp³-hybridized carbons (Fsp3) is 0.300. The van der Waals surface area contributed by atoms with Crippen LogP contribution in [-0.2, 0) is 10.4 Å². The third-order valence-electron chi connectivity index (χ3n) is 4.54. The zero-order chi connectivity index (χ0) is 18.0. The quantitative estimate of drug-likeness (QED) is 0.742. The molecule has 1 aliphatic rings. The van der Waals surface area contributed by atoms with Crippen LogP contribution in [0.4, 0.5) is 5.69 Å². The summed E-state index contributed by atoms with van der Waals surface area (Å²) in [6, 6.07) is 14.2. The van der Waals surface area contributed by atoms with E-state index < -0.39 is 11.5 Å². The molecule has 0 aliphatic carbocycles. The Hall–Kier alpha value is -1.98. The second-order valence-electron chi connectivity index (χ2n) is 6.30. The minimum atomic E-state index is -1.82. The van der Waals surface area contributed by atoms with Crippen LogP contribution in [0.2, 0.25) is 0 Å². The third-order valence-corrected chi connectivity index (χ3v) is 5.03. The summed E-state index contributed by atoms with van der Waals surface area (Å²) in [5.41, 5.74) is -0.149. The van der Waals surface area contributed by atoms with Crippen molar-refractivity contribution in [3.8, 4) is 0 Å². The minimum Gasteiger partial charge on any atom is -0.375 e. The molecule has 2 aromatic carbocycles. The number of benzene rings is 2. The maximum atomic E-state index is 13.0. The normalized spacial score (nSPS) is 19.2. The van der Waals surface area contributed by atoms with E-state index in [4.69, 9.17) is 0 Å². The third kappa shape index (κ3) is 3.26. The number of unbranched alkanes of at least 4 members (excludes halogenated alkanes) is 1. The Morgan fingerprint density at radius 2 is 1.92 bits per heavy atom. The zero-order valence-corrected chi connectivity index (χ0v) is 15.6. The number of carbonyl (C=O) groups excluding carboxylic acids is 2. The molecule has 130 valence electrons. The van der Waals surface area contributed by atoms with Gasteiger partial charge in [-0.15, -0.1) is 0 Å². The number of rotatable bonds is 6. The largest absolute Gasteiger partial charge is 0.375 e. The Morgan fingerprint density at radius 3 is 2.60 bits per heavy atom. The zero-order valence-electron chi connectivity index (χ0n) is 14.0. The molecule has 0 spiro atoms. The lowest BCUT2D eigenvalue weighted by molar-refractivity contribution is -0.135. The number of fused-ring (bicyclic) bond motifs is 1. The molecule has 0 fully saturated rings. The first-order valence-corrected chi connectivity index (χ1v) is 9.19. The highest BCUT2D eigenvalue weighted by Crippen LogP contribution is 2.44. The van der Waals surface area contributed by atoms with E-state index in [1.54, 1.807) is 35.2 Å². The summed E-state index contributed by atoms with van der Waals surface area (Å²) in [5, 5.41) is 11.2. The summed E-state index contributed by atoms with van der Waals surface area (Å²) in [4.78, 5) is 27.2. The topological polar surface area (TPSA) is 57.6 Å². The van der Waals surface area contributed by atoms with Crippen LogP contribution in [0, 0.1) is 0 Å². The number of Topliss-reactive ketones (excluding diaryl/α,β-unsaturated/α-hetero) is 1. The second kappa shape index (κ2) is 7.10. The van der Waals surface area contributed by atoms with Crippen LogP contribution in [0.25, 0.3) is 0 Å². The number of anilines is 1. The highest BCUT2D eigenvalue weighted by molar-refractivity contribution is 9.10. The van der Waals surface area contributed by atoms with Gasteiger partial charge in [0, 0.05) is 22.1 Å². The smallest absolute Gasteiger partial charge is 0.264 e. The van der Waals surface area contributed by atoms with Gasteiger partial charge >= 0.3 is 0 Å². The highest BCUT2D eigenvalue weighted by Gasteiger charge is 2.50. The second-order valence-corrected chi connectivity index (χ2v) is 7.21. The first-order valence-electron chi connectivity index (χ1n) is 8.40. The molecule has 5 heteroatoms. The fourth-order valence-corrected chi connectivity index (χ4v) is 3.55. The number of ketones is 1. The number of nitrogens with zero attached hydrogens (tertiary/aromatic N) is 1. The van der Waals surface area contributed by atoms with Gasteiger partial charge in [0.15, 0.2) is 11.4 Å². The van der Waals surface area contributed by atoms with Crippen molar-refractivity contribution in [2.24, 2.45) is 0 Å². The lowest BCUT2D eigenvalue weighted by atomic mass is 9.88. The maximum Gasteiger partial charge on any atom is 0.264 e. The average molecular weight is 402 g/mol. The van der Waals surface area contributed by atoms with E-state index in [1.165, 1.54) is 0 Å². The number of hydrogen-bond donors (Lipinski definition) is 1. The Balaban J connectivity index is 1.98. The molecule has 1 amide bonds. The molecule has 3 rings (SSSR count). The summed E-state index contributed by atoms with van der Waals surface area (Å²) in [7, 11) is 0. The molecular weight excluding hydrogens is 382 g/mol. The first kappa shape index (κ1) is 17.8. The van der Waals surface area contributed by atoms with Crippen molar-refractivity contribution in [3.63, 3.8) is 0 Å². The number of carbonyl (C=O) groups is 2. The Labute approximate surface area is 155 Å². The van der Waals surface area contributed by atoms with Crippen molar-refractivity contribution >= 4 is 33.3 Å². The summed E-state index contributed by atoms with van der Waals surface area (Å²) >= 11 is 3.39. The maximum absolute atomic E-state index is 13.0. The Morgan fingerprint density at radius 1 is 1.20 bits per heavy atom. The summed E-state index contributed by atoms with van der Waals surface area (Å²) < 4.78 is 0.766. The average Bonchev–Trinajstić information content (AvgIpc) is 2.81. The van der Waals surface area contributed by atoms with E-state index in [0.29, 0.717) is 23.4 Å². The molecule has 1 aliphatic heterocycles. The predicted octanol–water partition coefficient (Wildman–Crippen LogP) is 4.06. The predicted molar refractivity (Wildman–Crippen MR) is 101 cm³/mol. The molecule has 1 heterocycles. The molecule has 1 N–H and O–H groups in total. The van der Waals surface area contributed by atoms with E-state index >= 15 is 0 Å². The molecule has 0 saturated heterocycles. The van der Waals surface area contributed by atoms with Gasteiger partial charge in [0.05, 0.1) is 12.1 Å². The summed E-state index contributed by atoms with van der Waals surface area (Å²) in [6.45, 7) is 2.58. The Bertz CT molecular complexity index is 806. The van der Waals surface area contributed by atoms with Crippen LogP contribution in [0.5, 0.6) is 0 Å². The van der Waals surface area contributed by atoms with Gasteiger partial charge in [-0.05, 0) is 24.6 Å². The first-order chi connectivity index (χ1) is 12.0. The molecule has 0 unspecified atom stereocenters. The van der Waals surface area contributed by atoms with Crippen molar-refractivity contribution in [2.45, 2.75) is 31.8 Å². The SMILES string of the molecule is CCCCN1C(=O)[C@](O)(CC(=O)c2ccccc2)c2cc(Br)ccc21. The van der Waals surface area contributed by atoms with E-state index in [9.17, 15) is 14.7 Å². The number of amides is 1. The molecule has 0 radical (unpaired) electrons. The standard InChI is InChI=1S/C20H20BrNO3/c1-2-3-11-22-17-10-9-15(21)12-16(17)20(25,19(22)24)13-18(23)14-7-5-4-6-8-14/h4-10,12,25H,2-3,11,13H2,1H3/t20-/m0/s1. The van der Waals surface area contributed by atoms with Gasteiger partial charge in [-0.3, -0.25) is 9.59 Å². The molecule has 0 aromatic heterocycles. The van der Waals surface area contributed by atoms with Crippen LogP contribution in [0.15, 0.2) is 53.0 Å². The minimum absolute atomic E-state index is 0.250. The fourth-order valence-electron chi connectivity index (χ4n) is 3.19. The Kier molecular flexibility index (Phi) is 5.06. The van der Waals surface area contributed by atoms with Gasteiger partial charge < -0.3 is 10.0 Å². The van der Waals surface area contributed by atoms with Crippen LogP contribution in [0.3, 0.4) is 0 Å². The molecule has 4 nitrogen and oxygen atoms in total. The number of aliphatic hydroxyl groups is 1. The molecule has 0 saturated carbocycles. The highest BCUT2D eigenvalue weighted by atomic mass is 79.9. The van der Waals surface area contributed by atoms with Crippen LogP contribution in [-0.4, -0.2) is 23.3 Å².